The summed E-state index contributed by atoms with van der Waals surface area (Å²) < 4.78 is 10.3. The molecule has 1 aliphatic heterocycles. The van der Waals surface area contributed by atoms with Crippen molar-refractivity contribution in [1.29, 1.82) is 0 Å². The number of carboxylic acids is 1. The van der Waals surface area contributed by atoms with E-state index in [1.807, 2.05) is 0 Å². The van der Waals surface area contributed by atoms with E-state index in [4.69, 9.17) is 9.47 Å². The molecule has 1 aliphatic rings. The molecule has 0 spiro atoms. The Morgan fingerprint density at radius 1 is 1.54 bits per heavy atom. The number of non-ortho nitro benzene ring substituents is 1. The van der Waals surface area contributed by atoms with Crippen LogP contribution in [0.4, 0.5) is 5.69 Å². The van der Waals surface area contributed by atoms with Gasteiger partial charge in [0.1, 0.15) is 17.9 Å². The number of nitrogens with zero attached hydrogens (tertiary/aromatic N) is 1. The molecule has 9 heteroatoms. The van der Waals surface area contributed by atoms with Crippen molar-refractivity contribution < 1.29 is 29.1 Å². The van der Waals surface area contributed by atoms with Crippen molar-refractivity contribution in [3.63, 3.8) is 0 Å². The number of hydrogen-bond acceptors (Lipinski definition) is 6. The zero-order chi connectivity index (χ0) is 17.7. The van der Waals surface area contributed by atoms with Gasteiger partial charge in [0.05, 0.1) is 12.0 Å². The van der Waals surface area contributed by atoms with Crippen molar-refractivity contribution in [1.82, 2.24) is 5.32 Å². The quantitative estimate of drug-likeness (QED) is 0.558. The third-order valence-corrected chi connectivity index (χ3v) is 3.74. The first-order valence-electron chi connectivity index (χ1n) is 7.38. The van der Waals surface area contributed by atoms with Crippen molar-refractivity contribution in [2.45, 2.75) is 31.4 Å². The van der Waals surface area contributed by atoms with E-state index in [2.05, 4.69) is 5.32 Å². The van der Waals surface area contributed by atoms with Crippen LogP contribution in [0.3, 0.4) is 0 Å². The Labute approximate surface area is 137 Å². The summed E-state index contributed by atoms with van der Waals surface area (Å²) in [6, 6.07) is 2.67. The van der Waals surface area contributed by atoms with Crippen LogP contribution in [0.25, 0.3) is 0 Å². The Bertz CT molecular complexity index is 641. The van der Waals surface area contributed by atoms with Crippen LogP contribution in [0.1, 0.15) is 18.4 Å². The standard InChI is InChI=1S/C15H18N2O7/c1-23-12-5-4-10(17(21)22)7-9(12)8-11(15(19)20)16-14(18)13-3-2-6-24-13/h4-5,7,11,13H,2-3,6,8H2,1H3,(H,16,18)(H,19,20)/t11-,13-/m1/s1. The molecule has 2 atom stereocenters. The van der Waals surface area contributed by atoms with Crippen LogP contribution in [-0.2, 0) is 20.7 Å². The lowest BCUT2D eigenvalue weighted by Crippen LogP contribution is -2.46. The van der Waals surface area contributed by atoms with Gasteiger partial charge in [-0.25, -0.2) is 4.79 Å². The molecule has 9 nitrogen and oxygen atoms in total. The molecule has 130 valence electrons. The van der Waals surface area contributed by atoms with Gasteiger partial charge >= 0.3 is 5.97 Å². The molecular formula is C15H18N2O7. The van der Waals surface area contributed by atoms with Gasteiger partial charge in [0.15, 0.2) is 0 Å². The second-order valence-corrected chi connectivity index (χ2v) is 5.36. The van der Waals surface area contributed by atoms with Crippen LogP contribution >= 0.6 is 0 Å². The van der Waals surface area contributed by atoms with Crippen LogP contribution < -0.4 is 10.1 Å². The summed E-state index contributed by atoms with van der Waals surface area (Å²) in [6.45, 7) is 0.467. The first-order valence-corrected chi connectivity index (χ1v) is 7.38. The van der Waals surface area contributed by atoms with Crippen molar-refractivity contribution in [3.8, 4) is 5.75 Å². The molecule has 1 aromatic carbocycles. The highest BCUT2D eigenvalue weighted by Gasteiger charge is 2.29. The summed E-state index contributed by atoms with van der Waals surface area (Å²) >= 11 is 0. The van der Waals surface area contributed by atoms with E-state index in [9.17, 15) is 24.8 Å². The van der Waals surface area contributed by atoms with Crippen LogP contribution in [0.5, 0.6) is 5.75 Å². The van der Waals surface area contributed by atoms with Gasteiger partial charge in [-0.15, -0.1) is 0 Å². The lowest BCUT2D eigenvalue weighted by Gasteiger charge is -2.18. The zero-order valence-corrected chi connectivity index (χ0v) is 13.1. The zero-order valence-electron chi connectivity index (χ0n) is 13.1. The summed E-state index contributed by atoms with van der Waals surface area (Å²) in [5, 5.41) is 22.6. The topological polar surface area (TPSA) is 128 Å². The number of carboxylic acid groups (broad SMARTS) is 1. The maximum absolute atomic E-state index is 12.0. The molecule has 1 amide bonds. The predicted molar refractivity (Wildman–Crippen MR) is 81.9 cm³/mol. The molecule has 0 bridgehead atoms. The molecule has 1 fully saturated rings. The van der Waals surface area contributed by atoms with Crippen molar-refractivity contribution in [2.75, 3.05) is 13.7 Å². The minimum absolute atomic E-state index is 0.140. The lowest BCUT2D eigenvalue weighted by molar-refractivity contribution is -0.384. The average molecular weight is 338 g/mol. The van der Waals surface area contributed by atoms with Crippen LogP contribution in [0.2, 0.25) is 0 Å². The number of nitro benzene ring substituents is 1. The van der Waals surface area contributed by atoms with E-state index in [0.717, 1.165) is 6.42 Å². The summed E-state index contributed by atoms with van der Waals surface area (Å²) in [6.07, 6.45) is 0.490. The fraction of sp³-hybridized carbons (Fsp3) is 0.467. The second-order valence-electron chi connectivity index (χ2n) is 5.36. The number of rotatable bonds is 7. The van der Waals surface area contributed by atoms with Gasteiger partial charge in [0, 0.05) is 30.7 Å². The maximum atomic E-state index is 12.0. The fourth-order valence-electron chi connectivity index (χ4n) is 2.51. The molecule has 0 aromatic heterocycles. The molecule has 1 aromatic rings. The molecule has 0 saturated carbocycles. The van der Waals surface area contributed by atoms with E-state index < -0.39 is 28.9 Å². The SMILES string of the molecule is COc1ccc([N+](=O)[O-])cc1C[C@@H](NC(=O)[C@H]1CCCO1)C(=O)O. The Hall–Kier alpha value is -2.68. The highest BCUT2D eigenvalue weighted by atomic mass is 16.6. The van der Waals surface area contributed by atoms with Gasteiger partial charge in [-0.3, -0.25) is 14.9 Å². The Kier molecular flexibility index (Phi) is 5.69. The normalized spacial score (nSPS) is 18.0. The monoisotopic (exact) mass is 338 g/mol. The number of nitrogens with one attached hydrogen (secondary N) is 1. The van der Waals surface area contributed by atoms with E-state index >= 15 is 0 Å². The van der Waals surface area contributed by atoms with Gasteiger partial charge in [0.2, 0.25) is 5.91 Å². The minimum atomic E-state index is -1.24. The molecule has 0 radical (unpaired) electrons. The van der Waals surface area contributed by atoms with E-state index in [1.54, 1.807) is 0 Å². The lowest BCUT2D eigenvalue weighted by atomic mass is 10.0. The number of hydrogen-bond donors (Lipinski definition) is 2. The van der Waals surface area contributed by atoms with Gasteiger partial charge in [-0.2, -0.15) is 0 Å². The predicted octanol–water partition coefficient (Wildman–Crippen LogP) is 0.894. The first kappa shape index (κ1) is 17.7. The van der Waals surface area contributed by atoms with Gasteiger partial charge < -0.3 is 19.9 Å². The number of ether oxygens (including phenoxy) is 2. The third-order valence-electron chi connectivity index (χ3n) is 3.74. The first-order chi connectivity index (χ1) is 11.4. The number of amides is 1. The molecule has 1 heterocycles. The molecule has 2 N–H and O–H groups in total. The third kappa shape index (κ3) is 4.19. The number of benzene rings is 1. The molecule has 0 aliphatic carbocycles. The number of aliphatic carboxylic acids is 1. The number of methoxy groups -OCH3 is 1. The fourth-order valence-corrected chi connectivity index (χ4v) is 2.51. The van der Waals surface area contributed by atoms with E-state index in [0.29, 0.717) is 24.3 Å². The molecule has 2 rings (SSSR count). The van der Waals surface area contributed by atoms with Crippen molar-refractivity contribution >= 4 is 17.6 Å². The van der Waals surface area contributed by atoms with Crippen molar-refractivity contribution in [2.24, 2.45) is 0 Å². The molecule has 1 saturated heterocycles. The smallest absolute Gasteiger partial charge is 0.326 e. The van der Waals surface area contributed by atoms with E-state index in [-0.39, 0.29) is 12.1 Å². The van der Waals surface area contributed by atoms with E-state index in [1.165, 1.54) is 25.3 Å². The number of carbonyl (C=O) groups excluding carboxylic acids is 1. The highest BCUT2D eigenvalue weighted by molar-refractivity contribution is 5.86. The number of nitro groups is 1. The van der Waals surface area contributed by atoms with Crippen LogP contribution in [0, 0.1) is 10.1 Å². The van der Waals surface area contributed by atoms with Gasteiger partial charge in [0.25, 0.3) is 5.69 Å². The maximum Gasteiger partial charge on any atom is 0.326 e. The van der Waals surface area contributed by atoms with Gasteiger partial charge in [-0.05, 0) is 18.9 Å². The summed E-state index contributed by atoms with van der Waals surface area (Å²) in [4.78, 5) is 33.8. The summed E-state index contributed by atoms with van der Waals surface area (Å²) in [5.41, 5.74) is 0.145. The summed E-state index contributed by atoms with van der Waals surface area (Å²) in [7, 11) is 1.38. The largest absolute Gasteiger partial charge is 0.496 e. The molecule has 0 unspecified atom stereocenters. The highest BCUT2D eigenvalue weighted by Crippen LogP contribution is 2.25. The number of carbonyl (C=O) groups is 2. The summed E-state index contributed by atoms with van der Waals surface area (Å²) in [5.74, 6) is -1.42. The molecular weight excluding hydrogens is 320 g/mol. The van der Waals surface area contributed by atoms with Gasteiger partial charge in [-0.1, -0.05) is 0 Å². The van der Waals surface area contributed by atoms with Crippen LogP contribution in [0.15, 0.2) is 18.2 Å². The Morgan fingerprint density at radius 3 is 2.83 bits per heavy atom. The molecule has 24 heavy (non-hydrogen) atoms. The van der Waals surface area contributed by atoms with Crippen molar-refractivity contribution in [3.05, 3.63) is 33.9 Å². The minimum Gasteiger partial charge on any atom is -0.496 e. The van der Waals surface area contributed by atoms with Crippen LogP contribution in [-0.4, -0.2) is 47.8 Å². The Balaban J connectivity index is 2.17. The second kappa shape index (κ2) is 7.73. The average Bonchev–Trinajstić information content (AvgIpc) is 3.08. The Morgan fingerprint density at radius 2 is 2.29 bits per heavy atom.